The number of hydrogen-bond acceptors (Lipinski definition) is 2. The van der Waals surface area contributed by atoms with Gasteiger partial charge in [0.15, 0.2) is 0 Å². The van der Waals surface area contributed by atoms with Gasteiger partial charge in [-0.15, -0.1) is 0 Å². The van der Waals surface area contributed by atoms with Crippen molar-refractivity contribution in [3.8, 4) is 0 Å². The van der Waals surface area contributed by atoms with Crippen LogP contribution in [0.5, 0.6) is 0 Å². The summed E-state index contributed by atoms with van der Waals surface area (Å²) in [6, 6.07) is 0.338. The molecular weight excluding hydrogens is 244 g/mol. The van der Waals surface area contributed by atoms with E-state index in [0.29, 0.717) is 31.5 Å². The minimum atomic E-state index is -0.801. The average Bonchev–Trinajstić information content (AvgIpc) is 2.95. The summed E-state index contributed by atoms with van der Waals surface area (Å²) in [6.07, 6.45) is 2.67. The summed E-state index contributed by atoms with van der Waals surface area (Å²) in [7, 11) is 0. The molecule has 0 aromatic carbocycles. The fraction of sp³-hybridized carbons (Fsp3) is 0.857. The molecule has 2 saturated heterocycles. The molecule has 5 heteroatoms. The highest BCUT2D eigenvalue weighted by molar-refractivity contribution is 5.79. The molecule has 0 radical (unpaired) electrons. The molecule has 0 bridgehead atoms. The van der Waals surface area contributed by atoms with Crippen LogP contribution in [0.4, 0.5) is 4.79 Å². The van der Waals surface area contributed by atoms with Crippen LogP contribution in [-0.4, -0.2) is 52.6 Å². The molecule has 1 N–H and O–H groups in total. The Morgan fingerprint density at radius 1 is 1.32 bits per heavy atom. The van der Waals surface area contributed by atoms with E-state index in [2.05, 4.69) is 13.8 Å². The van der Waals surface area contributed by atoms with Crippen molar-refractivity contribution in [1.82, 2.24) is 9.80 Å². The maximum atomic E-state index is 12.5. The van der Waals surface area contributed by atoms with Crippen LogP contribution in [0.25, 0.3) is 0 Å². The van der Waals surface area contributed by atoms with E-state index in [9.17, 15) is 14.7 Å². The van der Waals surface area contributed by atoms with Gasteiger partial charge in [0.2, 0.25) is 0 Å². The Hall–Kier alpha value is -1.26. The molecular formula is C14H24N2O3. The Kier molecular flexibility index (Phi) is 3.74. The van der Waals surface area contributed by atoms with E-state index < -0.39 is 11.4 Å². The largest absolute Gasteiger partial charge is 0.481 e. The van der Waals surface area contributed by atoms with Crippen molar-refractivity contribution in [3.63, 3.8) is 0 Å². The van der Waals surface area contributed by atoms with Crippen molar-refractivity contribution in [2.24, 2.45) is 11.3 Å². The number of carbonyl (C=O) groups is 2. The number of likely N-dealkylation sites (tertiary alicyclic amines) is 2. The zero-order valence-corrected chi connectivity index (χ0v) is 12.1. The van der Waals surface area contributed by atoms with Crippen LogP contribution in [0, 0.1) is 11.3 Å². The molecule has 0 spiro atoms. The molecule has 2 rings (SSSR count). The van der Waals surface area contributed by atoms with Gasteiger partial charge in [-0.3, -0.25) is 4.79 Å². The van der Waals surface area contributed by atoms with Gasteiger partial charge < -0.3 is 14.9 Å². The lowest BCUT2D eigenvalue weighted by Crippen LogP contribution is -2.47. The molecule has 0 aliphatic carbocycles. The predicted molar refractivity (Wildman–Crippen MR) is 71.9 cm³/mol. The van der Waals surface area contributed by atoms with Crippen molar-refractivity contribution < 1.29 is 14.7 Å². The summed E-state index contributed by atoms with van der Waals surface area (Å²) in [4.78, 5) is 27.4. The smallest absolute Gasteiger partial charge is 0.320 e. The van der Waals surface area contributed by atoms with Gasteiger partial charge in [0.05, 0.1) is 5.41 Å². The average molecular weight is 268 g/mol. The highest BCUT2D eigenvalue weighted by atomic mass is 16.4. The molecule has 2 amide bonds. The molecule has 2 aliphatic heterocycles. The van der Waals surface area contributed by atoms with Gasteiger partial charge in [0.25, 0.3) is 0 Å². The molecule has 0 saturated carbocycles. The SMILES string of the molecule is CC(C)C1CCCN1C(=O)N1CCC(C)(C(=O)O)C1. The minimum Gasteiger partial charge on any atom is -0.481 e. The molecule has 0 aromatic rings. The van der Waals surface area contributed by atoms with Crippen molar-refractivity contribution in [2.45, 2.75) is 46.1 Å². The van der Waals surface area contributed by atoms with Crippen LogP contribution in [0.1, 0.15) is 40.0 Å². The second-order valence-electron chi connectivity index (χ2n) is 6.47. The summed E-state index contributed by atoms with van der Waals surface area (Å²) < 4.78 is 0. The van der Waals surface area contributed by atoms with Crippen molar-refractivity contribution in [3.05, 3.63) is 0 Å². The van der Waals surface area contributed by atoms with Crippen LogP contribution in [0.2, 0.25) is 0 Å². The third-order valence-corrected chi connectivity index (χ3v) is 4.57. The van der Waals surface area contributed by atoms with Crippen LogP contribution in [0.3, 0.4) is 0 Å². The lowest BCUT2D eigenvalue weighted by molar-refractivity contribution is -0.147. The number of nitrogens with zero attached hydrogens (tertiary/aromatic N) is 2. The Morgan fingerprint density at radius 2 is 2.00 bits per heavy atom. The first kappa shape index (κ1) is 14.2. The van der Waals surface area contributed by atoms with Crippen LogP contribution >= 0.6 is 0 Å². The van der Waals surface area contributed by atoms with E-state index >= 15 is 0 Å². The van der Waals surface area contributed by atoms with Gasteiger partial charge in [-0.05, 0) is 32.1 Å². The maximum Gasteiger partial charge on any atom is 0.320 e. The second-order valence-corrected chi connectivity index (χ2v) is 6.47. The zero-order chi connectivity index (χ0) is 14.2. The fourth-order valence-electron chi connectivity index (χ4n) is 3.20. The van der Waals surface area contributed by atoms with Crippen molar-refractivity contribution in [1.29, 1.82) is 0 Å². The van der Waals surface area contributed by atoms with E-state index in [4.69, 9.17) is 0 Å². The monoisotopic (exact) mass is 268 g/mol. The number of carbonyl (C=O) groups excluding carboxylic acids is 1. The number of carboxylic acid groups (broad SMARTS) is 1. The Bertz CT molecular complexity index is 383. The summed E-state index contributed by atoms with van der Waals surface area (Å²) in [5, 5.41) is 9.23. The topological polar surface area (TPSA) is 60.9 Å². The number of hydrogen-bond donors (Lipinski definition) is 1. The minimum absolute atomic E-state index is 0.0289. The first-order valence-electron chi connectivity index (χ1n) is 7.14. The fourth-order valence-corrected chi connectivity index (χ4v) is 3.20. The van der Waals surface area contributed by atoms with Crippen molar-refractivity contribution in [2.75, 3.05) is 19.6 Å². The number of carboxylic acids is 1. The molecule has 19 heavy (non-hydrogen) atoms. The Labute approximate surface area is 114 Å². The molecule has 0 aromatic heterocycles. The molecule has 108 valence electrons. The number of urea groups is 1. The molecule has 2 heterocycles. The van der Waals surface area contributed by atoms with E-state index in [-0.39, 0.29) is 6.03 Å². The number of aliphatic carboxylic acids is 1. The second kappa shape index (κ2) is 5.02. The first-order chi connectivity index (χ1) is 8.85. The summed E-state index contributed by atoms with van der Waals surface area (Å²) in [5.41, 5.74) is -0.775. The third-order valence-electron chi connectivity index (χ3n) is 4.57. The van der Waals surface area contributed by atoms with Gasteiger partial charge in [-0.2, -0.15) is 0 Å². The van der Waals surface area contributed by atoms with Crippen LogP contribution in [-0.2, 0) is 4.79 Å². The highest BCUT2D eigenvalue weighted by Crippen LogP contribution is 2.32. The standard InChI is InChI=1S/C14H24N2O3/c1-10(2)11-5-4-7-16(11)13(19)15-8-6-14(3,9-15)12(17)18/h10-11H,4-9H2,1-3H3,(H,17,18). The lowest BCUT2D eigenvalue weighted by Gasteiger charge is -2.32. The van der Waals surface area contributed by atoms with Gasteiger partial charge in [0.1, 0.15) is 0 Å². The van der Waals surface area contributed by atoms with Gasteiger partial charge in [-0.25, -0.2) is 4.79 Å². The van der Waals surface area contributed by atoms with Gasteiger partial charge in [0, 0.05) is 25.7 Å². The quantitative estimate of drug-likeness (QED) is 0.833. The predicted octanol–water partition coefficient (Wildman–Crippen LogP) is 2.02. The van der Waals surface area contributed by atoms with E-state index in [1.165, 1.54) is 0 Å². The summed E-state index contributed by atoms with van der Waals surface area (Å²) in [6.45, 7) is 7.71. The Morgan fingerprint density at radius 3 is 2.53 bits per heavy atom. The third kappa shape index (κ3) is 2.55. The summed E-state index contributed by atoms with van der Waals surface area (Å²) >= 11 is 0. The van der Waals surface area contributed by atoms with Crippen LogP contribution < -0.4 is 0 Å². The van der Waals surface area contributed by atoms with Gasteiger partial charge in [-0.1, -0.05) is 13.8 Å². The lowest BCUT2D eigenvalue weighted by atomic mass is 9.90. The molecule has 2 aliphatic rings. The van der Waals surface area contributed by atoms with Gasteiger partial charge >= 0.3 is 12.0 Å². The van der Waals surface area contributed by atoms with E-state index in [0.717, 1.165) is 19.4 Å². The molecule has 2 atom stereocenters. The summed E-state index contributed by atoms with van der Waals surface area (Å²) in [5.74, 6) is -0.343. The molecule has 2 fully saturated rings. The molecule has 5 nitrogen and oxygen atoms in total. The number of amides is 2. The van der Waals surface area contributed by atoms with Crippen LogP contribution in [0.15, 0.2) is 0 Å². The maximum absolute atomic E-state index is 12.5. The zero-order valence-electron chi connectivity index (χ0n) is 12.1. The normalized spacial score (nSPS) is 31.3. The Balaban J connectivity index is 2.04. The van der Waals surface area contributed by atoms with E-state index in [1.54, 1.807) is 11.8 Å². The number of rotatable bonds is 2. The van der Waals surface area contributed by atoms with E-state index in [1.807, 2.05) is 4.90 Å². The van der Waals surface area contributed by atoms with Crippen molar-refractivity contribution >= 4 is 12.0 Å². The molecule has 2 unspecified atom stereocenters. The first-order valence-corrected chi connectivity index (χ1v) is 7.14. The highest BCUT2D eigenvalue weighted by Gasteiger charge is 2.44.